The average Bonchev–Trinajstić information content (AvgIpc) is 2.34. The number of ether oxygens (including phenoxy) is 1. The third kappa shape index (κ3) is 3.98. The third-order valence-corrected chi connectivity index (χ3v) is 2.20. The Labute approximate surface area is 95.8 Å². The summed E-state index contributed by atoms with van der Waals surface area (Å²) in [5.41, 5.74) is 6.73. The highest BCUT2D eigenvalue weighted by molar-refractivity contribution is 5.87. The SMILES string of the molecule is CCCCc1ccc(C(=O)OCCN)nc1. The van der Waals surface area contributed by atoms with Crippen LogP contribution in [0.3, 0.4) is 0 Å². The lowest BCUT2D eigenvalue weighted by molar-refractivity contribution is 0.0510. The predicted octanol–water partition coefficient (Wildman–Crippen LogP) is 1.54. The van der Waals surface area contributed by atoms with Crippen molar-refractivity contribution < 1.29 is 9.53 Å². The second-order valence-corrected chi connectivity index (χ2v) is 3.58. The van der Waals surface area contributed by atoms with Crippen LogP contribution in [0, 0.1) is 0 Å². The van der Waals surface area contributed by atoms with Crippen LogP contribution in [0.1, 0.15) is 35.8 Å². The fourth-order valence-electron chi connectivity index (χ4n) is 1.30. The standard InChI is InChI=1S/C12H18N2O2/c1-2-3-4-10-5-6-11(14-9-10)12(15)16-8-7-13/h5-6,9H,2-4,7-8,13H2,1H3. The van der Waals surface area contributed by atoms with E-state index in [-0.39, 0.29) is 6.61 Å². The number of carbonyl (C=O) groups is 1. The van der Waals surface area contributed by atoms with Gasteiger partial charge in [0, 0.05) is 12.7 Å². The summed E-state index contributed by atoms with van der Waals surface area (Å²) in [5.74, 6) is -0.410. The molecule has 4 heteroatoms. The van der Waals surface area contributed by atoms with Crippen molar-refractivity contribution in [2.45, 2.75) is 26.2 Å². The van der Waals surface area contributed by atoms with Gasteiger partial charge in [-0.3, -0.25) is 0 Å². The molecule has 0 amide bonds. The normalized spacial score (nSPS) is 10.1. The van der Waals surface area contributed by atoms with E-state index in [0.29, 0.717) is 12.2 Å². The Morgan fingerprint density at radius 1 is 1.50 bits per heavy atom. The molecule has 2 N–H and O–H groups in total. The summed E-state index contributed by atoms with van der Waals surface area (Å²) in [6, 6.07) is 3.62. The molecular formula is C12H18N2O2. The van der Waals surface area contributed by atoms with Crippen LogP contribution in [0.4, 0.5) is 0 Å². The van der Waals surface area contributed by atoms with Crippen LogP contribution in [-0.2, 0) is 11.2 Å². The van der Waals surface area contributed by atoms with Gasteiger partial charge in [0.25, 0.3) is 0 Å². The molecule has 1 heterocycles. The van der Waals surface area contributed by atoms with Crippen molar-refractivity contribution in [2.24, 2.45) is 5.73 Å². The van der Waals surface area contributed by atoms with Gasteiger partial charge in [-0.15, -0.1) is 0 Å². The van der Waals surface area contributed by atoms with Crippen molar-refractivity contribution in [3.63, 3.8) is 0 Å². The van der Waals surface area contributed by atoms with Crippen LogP contribution in [-0.4, -0.2) is 24.1 Å². The smallest absolute Gasteiger partial charge is 0.356 e. The van der Waals surface area contributed by atoms with E-state index in [1.165, 1.54) is 0 Å². The van der Waals surface area contributed by atoms with E-state index < -0.39 is 5.97 Å². The van der Waals surface area contributed by atoms with E-state index in [0.717, 1.165) is 24.8 Å². The Morgan fingerprint density at radius 2 is 2.31 bits per heavy atom. The molecule has 0 saturated carbocycles. The van der Waals surface area contributed by atoms with Gasteiger partial charge < -0.3 is 10.5 Å². The first-order chi connectivity index (χ1) is 7.77. The fourth-order valence-corrected chi connectivity index (χ4v) is 1.30. The Balaban J connectivity index is 2.53. The zero-order chi connectivity index (χ0) is 11.8. The quantitative estimate of drug-likeness (QED) is 0.741. The molecule has 1 rings (SSSR count). The van der Waals surface area contributed by atoms with Gasteiger partial charge in [0.1, 0.15) is 12.3 Å². The molecule has 1 aromatic rings. The Kier molecular flexibility index (Phi) is 5.50. The molecule has 0 unspecified atom stereocenters. The average molecular weight is 222 g/mol. The van der Waals surface area contributed by atoms with E-state index in [9.17, 15) is 4.79 Å². The highest BCUT2D eigenvalue weighted by Crippen LogP contribution is 2.05. The van der Waals surface area contributed by atoms with Gasteiger partial charge in [-0.2, -0.15) is 0 Å². The number of aromatic nitrogens is 1. The fraction of sp³-hybridized carbons (Fsp3) is 0.500. The Morgan fingerprint density at radius 3 is 2.88 bits per heavy atom. The Hall–Kier alpha value is -1.42. The van der Waals surface area contributed by atoms with Crippen LogP contribution in [0.15, 0.2) is 18.3 Å². The number of nitrogens with zero attached hydrogens (tertiary/aromatic N) is 1. The molecule has 0 aliphatic carbocycles. The summed E-state index contributed by atoms with van der Waals surface area (Å²) < 4.78 is 4.87. The van der Waals surface area contributed by atoms with E-state index in [2.05, 4.69) is 11.9 Å². The number of nitrogens with two attached hydrogens (primary N) is 1. The number of hydrogen-bond donors (Lipinski definition) is 1. The van der Waals surface area contributed by atoms with E-state index in [4.69, 9.17) is 10.5 Å². The van der Waals surface area contributed by atoms with Gasteiger partial charge in [-0.1, -0.05) is 19.4 Å². The van der Waals surface area contributed by atoms with E-state index >= 15 is 0 Å². The maximum absolute atomic E-state index is 11.4. The summed E-state index contributed by atoms with van der Waals surface area (Å²) in [5, 5.41) is 0. The molecule has 0 aliphatic heterocycles. The molecule has 1 aromatic heterocycles. The number of aryl methyl sites for hydroxylation is 1. The first-order valence-electron chi connectivity index (χ1n) is 5.60. The lowest BCUT2D eigenvalue weighted by atomic mass is 10.1. The molecule has 0 saturated heterocycles. The van der Waals surface area contributed by atoms with Crippen molar-refractivity contribution in [2.75, 3.05) is 13.2 Å². The lowest BCUT2D eigenvalue weighted by Gasteiger charge is -2.03. The van der Waals surface area contributed by atoms with Crippen molar-refractivity contribution >= 4 is 5.97 Å². The molecule has 0 aliphatic rings. The van der Waals surface area contributed by atoms with Crippen molar-refractivity contribution in [1.29, 1.82) is 0 Å². The number of pyridine rings is 1. The molecule has 16 heavy (non-hydrogen) atoms. The molecule has 0 aromatic carbocycles. The molecule has 4 nitrogen and oxygen atoms in total. The van der Waals surface area contributed by atoms with Gasteiger partial charge in [0.05, 0.1) is 0 Å². The van der Waals surface area contributed by atoms with Crippen LogP contribution in [0.2, 0.25) is 0 Å². The second kappa shape index (κ2) is 6.95. The van der Waals surface area contributed by atoms with Crippen molar-refractivity contribution in [3.8, 4) is 0 Å². The minimum atomic E-state index is -0.410. The minimum Gasteiger partial charge on any atom is -0.460 e. The summed E-state index contributed by atoms with van der Waals surface area (Å²) in [4.78, 5) is 15.5. The van der Waals surface area contributed by atoms with Crippen LogP contribution >= 0.6 is 0 Å². The first-order valence-corrected chi connectivity index (χ1v) is 5.60. The zero-order valence-corrected chi connectivity index (χ0v) is 9.61. The van der Waals surface area contributed by atoms with Gasteiger partial charge in [-0.05, 0) is 24.5 Å². The van der Waals surface area contributed by atoms with Crippen molar-refractivity contribution in [3.05, 3.63) is 29.6 Å². The number of unbranched alkanes of at least 4 members (excludes halogenated alkanes) is 1. The highest BCUT2D eigenvalue weighted by atomic mass is 16.5. The molecule has 0 atom stereocenters. The highest BCUT2D eigenvalue weighted by Gasteiger charge is 2.07. The molecule has 0 radical (unpaired) electrons. The third-order valence-electron chi connectivity index (χ3n) is 2.20. The predicted molar refractivity (Wildman–Crippen MR) is 62.2 cm³/mol. The maximum atomic E-state index is 11.4. The molecule has 0 bridgehead atoms. The van der Waals surface area contributed by atoms with Crippen LogP contribution in [0.5, 0.6) is 0 Å². The van der Waals surface area contributed by atoms with E-state index in [1.807, 2.05) is 6.07 Å². The van der Waals surface area contributed by atoms with Gasteiger partial charge in [0.15, 0.2) is 0 Å². The van der Waals surface area contributed by atoms with Crippen LogP contribution in [0.25, 0.3) is 0 Å². The van der Waals surface area contributed by atoms with Gasteiger partial charge >= 0.3 is 5.97 Å². The Bertz CT molecular complexity index is 322. The largest absolute Gasteiger partial charge is 0.460 e. The number of esters is 1. The van der Waals surface area contributed by atoms with Gasteiger partial charge in [-0.25, -0.2) is 9.78 Å². The maximum Gasteiger partial charge on any atom is 0.356 e. The monoisotopic (exact) mass is 222 g/mol. The summed E-state index contributed by atoms with van der Waals surface area (Å²) in [6.07, 6.45) is 5.02. The molecule has 88 valence electrons. The van der Waals surface area contributed by atoms with Gasteiger partial charge in [0.2, 0.25) is 0 Å². The van der Waals surface area contributed by atoms with Crippen LogP contribution < -0.4 is 5.73 Å². The number of rotatable bonds is 6. The van der Waals surface area contributed by atoms with Crippen molar-refractivity contribution in [1.82, 2.24) is 4.98 Å². The minimum absolute atomic E-state index is 0.234. The topological polar surface area (TPSA) is 65.2 Å². The number of carbonyl (C=O) groups excluding carboxylic acids is 1. The lowest BCUT2D eigenvalue weighted by Crippen LogP contribution is -2.14. The van der Waals surface area contributed by atoms with E-state index in [1.54, 1.807) is 12.3 Å². The number of hydrogen-bond acceptors (Lipinski definition) is 4. The summed E-state index contributed by atoms with van der Waals surface area (Å²) >= 11 is 0. The second-order valence-electron chi connectivity index (χ2n) is 3.58. The molecule has 0 fully saturated rings. The zero-order valence-electron chi connectivity index (χ0n) is 9.61. The summed E-state index contributed by atoms with van der Waals surface area (Å²) in [6.45, 7) is 2.71. The molecule has 0 spiro atoms. The molecular weight excluding hydrogens is 204 g/mol. The first kappa shape index (κ1) is 12.6. The summed E-state index contributed by atoms with van der Waals surface area (Å²) in [7, 11) is 0.